The SMILES string of the molecule is CC(C)Cc1cncn1C1(C)CCNCC1. The van der Waals surface area contributed by atoms with Crippen LogP contribution in [-0.4, -0.2) is 22.6 Å². The summed E-state index contributed by atoms with van der Waals surface area (Å²) in [6.07, 6.45) is 7.59. The Balaban J connectivity index is 2.21. The molecule has 1 saturated heterocycles. The lowest BCUT2D eigenvalue weighted by atomic mass is 9.89. The Labute approximate surface area is 98.3 Å². The molecular formula is C13H23N3. The van der Waals surface area contributed by atoms with Gasteiger partial charge in [0, 0.05) is 17.4 Å². The Morgan fingerprint density at radius 3 is 2.75 bits per heavy atom. The van der Waals surface area contributed by atoms with E-state index >= 15 is 0 Å². The van der Waals surface area contributed by atoms with Gasteiger partial charge in [-0.05, 0) is 45.2 Å². The highest BCUT2D eigenvalue weighted by molar-refractivity contribution is 5.05. The van der Waals surface area contributed by atoms with Gasteiger partial charge in [-0.1, -0.05) is 13.8 Å². The summed E-state index contributed by atoms with van der Waals surface area (Å²) in [4.78, 5) is 4.34. The molecule has 0 spiro atoms. The molecule has 0 bridgehead atoms. The van der Waals surface area contributed by atoms with Crippen LogP contribution in [0.15, 0.2) is 12.5 Å². The fraction of sp³-hybridized carbons (Fsp3) is 0.769. The van der Waals surface area contributed by atoms with Crippen LogP contribution < -0.4 is 5.32 Å². The van der Waals surface area contributed by atoms with Gasteiger partial charge in [-0.15, -0.1) is 0 Å². The van der Waals surface area contributed by atoms with E-state index in [1.165, 1.54) is 18.5 Å². The first-order valence-electron chi connectivity index (χ1n) is 6.34. The predicted molar refractivity (Wildman–Crippen MR) is 66.5 cm³/mol. The lowest BCUT2D eigenvalue weighted by Crippen LogP contribution is -2.42. The molecule has 1 aliphatic rings. The van der Waals surface area contributed by atoms with Crippen LogP contribution in [0.5, 0.6) is 0 Å². The normalized spacial score (nSPS) is 20.2. The van der Waals surface area contributed by atoms with Gasteiger partial charge in [0.25, 0.3) is 0 Å². The first-order chi connectivity index (χ1) is 7.62. The molecule has 0 atom stereocenters. The average molecular weight is 221 g/mol. The number of piperidine rings is 1. The summed E-state index contributed by atoms with van der Waals surface area (Å²) in [5.74, 6) is 0.695. The summed E-state index contributed by atoms with van der Waals surface area (Å²) in [5, 5.41) is 3.43. The molecule has 0 saturated carbocycles. The monoisotopic (exact) mass is 221 g/mol. The zero-order valence-electron chi connectivity index (χ0n) is 10.7. The molecule has 16 heavy (non-hydrogen) atoms. The Bertz CT molecular complexity index is 335. The van der Waals surface area contributed by atoms with Gasteiger partial charge in [-0.2, -0.15) is 0 Å². The molecule has 3 nitrogen and oxygen atoms in total. The third-order valence-electron chi connectivity index (χ3n) is 3.59. The molecule has 90 valence electrons. The van der Waals surface area contributed by atoms with Gasteiger partial charge in [0.1, 0.15) is 0 Å². The van der Waals surface area contributed by atoms with Crippen molar-refractivity contribution in [3.05, 3.63) is 18.2 Å². The fourth-order valence-electron chi connectivity index (χ4n) is 2.58. The van der Waals surface area contributed by atoms with Crippen LogP contribution in [0.25, 0.3) is 0 Å². The van der Waals surface area contributed by atoms with Gasteiger partial charge in [0.05, 0.1) is 6.33 Å². The molecule has 0 aromatic carbocycles. The fourth-order valence-corrected chi connectivity index (χ4v) is 2.58. The van der Waals surface area contributed by atoms with E-state index in [0.29, 0.717) is 5.92 Å². The second-order valence-electron chi connectivity index (χ2n) is 5.60. The van der Waals surface area contributed by atoms with Crippen molar-refractivity contribution in [3.63, 3.8) is 0 Å². The smallest absolute Gasteiger partial charge is 0.0953 e. The summed E-state index contributed by atoms with van der Waals surface area (Å²) in [5.41, 5.74) is 1.66. The third kappa shape index (κ3) is 2.29. The van der Waals surface area contributed by atoms with Crippen molar-refractivity contribution >= 4 is 0 Å². The molecule has 0 aliphatic carbocycles. The Morgan fingerprint density at radius 2 is 2.12 bits per heavy atom. The molecule has 1 aromatic rings. The molecule has 2 heterocycles. The maximum absolute atomic E-state index is 4.34. The minimum absolute atomic E-state index is 0.270. The Hall–Kier alpha value is -0.830. The van der Waals surface area contributed by atoms with Gasteiger partial charge in [-0.25, -0.2) is 4.98 Å². The molecule has 1 N–H and O–H groups in total. The molecule has 0 radical (unpaired) electrons. The number of rotatable bonds is 3. The summed E-state index contributed by atoms with van der Waals surface area (Å²) >= 11 is 0. The second-order valence-corrected chi connectivity index (χ2v) is 5.60. The third-order valence-corrected chi connectivity index (χ3v) is 3.59. The molecule has 1 fully saturated rings. The van der Waals surface area contributed by atoms with Crippen LogP contribution in [0, 0.1) is 5.92 Å². The largest absolute Gasteiger partial charge is 0.329 e. The summed E-state index contributed by atoms with van der Waals surface area (Å²) < 4.78 is 2.41. The van der Waals surface area contributed by atoms with Crippen molar-refractivity contribution < 1.29 is 0 Å². The van der Waals surface area contributed by atoms with Crippen LogP contribution in [0.4, 0.5) is 0 Å². The predicted octanol–water partition coefficient (Wildman–Crippen LogP) is 2.18. The molecule has 2 rings (SSSR count). The second kappa shape index (κ2) is 4.58. The lowest BCUT2D eigenvalue weighted by molar-refractivity contribution is 0.224. The van der Waals surface area contributed by atoms with Crippen LogP contribution >= 0.6 is 0 Å². The molecule has 1 aromatic heterocycles. The minimum atomic E-state index is 0.270. The number of hydrogen-bond acceptors (Lipinski definition) is 2. The van der Waals surface area contributed by atoms with Crippen molar-refractivity contribution in [2.45, 2.75) is 45.6 Å². The summed E-state index contributed by atoms with van der Waals surface area (Å²) in [6.45, 7) is 9.13. The number of nitrogens with one attached hydrogen (secondary N) is 1. The minimum Gasteiger partial charge on any atom is -0.329 e. The van der Waals surface area contributed by atoms with Gasteiger partial charge < -0.3 is 9.88 Å². The van der Waals surface area contributed by atoms with Gasteiger partial charge in [-0.3, -0.25) is 0 Å². The van der Waals surface area contributed by atoms with Crippen molar-refractivity contribution in [1.82, 2.24) is 14.9 Å². The van der Waals surface area contributed by atoms with Gasteiger partial charge >= 0.3 is 0 Å². The standard InChI is InChI=1S/C13H23N3/c1-11(2)8-12-9-15-10-16(12)13(3)4-6-14-7-5-13/h9-11,14H,4-8H2,1-3H3. The topological polar surface area (TPSA) is 29.9 Å². The Kier molecular flexibility index (Phi) is 3.33. The molecular weight excluding hydrogens is 198 g/mol. The van der Waals surface area contributed by atoms with Crippen LogP contribution in [-0.2, 0) is 12.0 Å². The van der Waals surface area contributed by atoms with E-state index in [1.54, 1.807) is 0 Å². The zero-order chi connectivity index (χ0) is 11.6. The Morgan fingerprint density at radius 1 is 1.44 bits per heavy atom. The first kappa shape index (κ1) is 11.6. The van der Waals surface area contributed by atoms with E-state index in [0.717, 1.165) is 19.5 Å². The quantitative estimate of drug-likeness (QED) is 0.848. The summed E-state index contributed by atoms with van der Waals surface area (Å²) in [6, 6.07) is 0. The number of aromatic nitrogens is 2. The van der Waals surface area contributed by atoms with Crippen molar-refractivity contribution in [2.24, 2.45) is 5.92 Å². The van der Waals surface area contributed by atoms with Crippen LogP contribution in [0.3, 0.4) is 0 Å². The highest BCUT2D eigenvalue weighted by Crippen LogP contribution is 2.28. The highest BCUT2D eigenvalue weighted by Gasteiger charge is 2.29. The van der Waals surface area contributed by atoms with Crippen molar-refractivity contribution in [3.8, 4) is 0 Å². The molecule has 3 heteroatoms. The van der Waals surface area contributed by atoms with Crippen molar-refractivity contribution in [2.75, 3.05) is 13.1 Å². The van der Waals surface area contributed by atoms with E-state index in [2.05, 4.69) is 35.6 Å². The number of hydrogen-bond donors (Lipinski definition) is 1. The number of imidazole rings is 1. The van der Waals surface area contributed by atoms with Crippen LogP contribution in [0.1, 0.15) is 39.3 Å². The van der Waals surface area contributed by atoms with Gasteiger partial charge in [0.15, 0.2) is 0 Å². The van der Waals surface area contributed by atoms with E-state index in [4.69, 9.17) is 0 Å². The van der Waals surface area contributed by atoms with Crippen LogP contribution in [0.2, 0.25) is 0 Å². The maximum atomic E-state index is 4.34. The van der Waals surface area contributed by atoms with E-state index < -0.39 is 0 Å². The number of nitrogens with zero attached hydrogens (tertiary/aromatic N) is 2. The lowest BCUT2D eigenvalue weighted by Gasteiger charge is -2.37. The zero-order valence-corrected chi connectivity index (χ0v) is 10.7. The summed E-state index contributed by atoms with van der Waals surface area (Å²) in [7, 11) is 0. The van der Waals surface area contributed by atoms with Gasteiger partial charge in [0.2, 0.25) is 0 Å². The molecule has 1 aliphatic heterocycles. The molecule has 0 unspecified atom stereocenters. The first-order valence-corrected chi connectivity index (χ1v) is 6.34. The van der Waals surface area contributed by atoms with E-state index in [-0.39, 0.29) is 5.54 Å². The highest BCUT2D eigenvalue weighted by atomic mass is 15.1. The van der Waals surface area contributed by atoms with E-state index in [1.807, 2.05) is 12.5 Å². The molecule has 0 amide bonds. The average Bonchev–Trinajstić information content (AvgIpc) is 2.66. The van der Waals surface area contributed by atoms with E-state index in [9.17, 15) is 0 Å². The maximum Gasteiger partial charge on any atom is 0.0953 e. The van der Waals surface area contributed by atoms with Crippen molar-refractivity contribution in [1.29, 1.82) is 0 Å².